The number of sulfonamides is 1. The van der Waals surface area contributed by atoms with Gasteiger partial charge in [-0.25, -0.2) is 13.1 Å². The molecule has 2 aromatic heterocycles. The minimum absolute atomic E-state index is 0.00280. The lowest BCUT2D eigenvalue weighted by molar-refractivity contribution is 0.0943. The average Bonchev–Trinajstić information content (AvgIpc) is 3.38. The second-order valence-corrected chi connectivity index (χ2v) is 10.8. The Morgan fingerprint density at radius 3 is 2.27 bits per heavy atom. The molecule has 0 amide bonds. The molecule has 4 rings (SSSR count). The first kappa shape index (κ1) is 22.9. The smallest absolute Gasteiger partial charge is 0.269 e. The third kappa shape index (κ3) is 4.12. The largest absolute Gasteiger partial charge is 0.289 e. The van der Waals surface area contributed by atoms with Gasteiger partial charge in [-0.1, -0.05) is 36.4 Å². The highest BCUT2D eigenvalue weighted by Gasteiger charge is 2.33. The summed E-state index contributed by atoms with van der Waals surface area (Å²) >= 11 is 1.12. The lowest BCUT2D eigenvalue weighted by Gasteiger charge is -2.22. The summed E-state index contributed by atoms with van der Waals surface area (Å²) in [7, 11) is -2.55. The summed E-state index contributed by atoms with van der Waals surface area (Å²) in [4.78, 5) is 13.6. The number of hydrogen-bond donors (Lipinski definition) is 0. The Morgan fingerprint density at radius 2 is 1.67 bits per heavy atom. The van der Waals surface area contributed by atoms with E-state index in [0.717, 1.165) is 28.0 Å². The second-order valence-electron chi connectivity index (χ2n) is 8.06. The van der Waals surface area contributed by atoms with Crippen LogP contribution in [0.25, 0.3) is 11.1 Å². The number of rotatable bonds is 5. The lowest BCUT2D eigenvalue weighted by Crippen LogP contribution is -2.29. The second kappa shape index (κ2) is 8.61. The van der Waals surface area contributed by atoms with Crippen molar-refractivity contribution in [3.8, 4) is 11.1 Å². The van der Waals surface area contributed by atoms with Gasteiger partial charge in [0.2, 0.25) is 0 Å². The van der Waals surface area contributed by atoms with Crippen LogP contribution >= 0.6 is 11.3 Å². The van der Waals surface area contributed by atoms with E-state index >= 15 is 0 Å². The van der Waals surface area contributed by atoms with E-state index in [1.165, 1.54) is 16.0 Å². The number of benzene rings is 2. The minimum Gasteiger partial charge on any atom is -0.269 e. The highest BCUT2D eigenvalue weighted by Crippen LogP contribution is 2.38. The Bertz CT molecular complexity index is 1450. The molecule has 0 aliphatic carbocycles. The van der Waals surface area contributed by atoms with E-state index in [9.17, 15) is 13.2 Å². The molecule has 0 aliphatic heterocycles. The third-order valence-corrected chi connectivity index (χ3v) is 8.67. The number of thiophene rings is 1. The number of anilines is 1. The van der Waals surface area contributed by atoms with Crippen molar-refractivity contribution in [2.24, 2.45) is 0 Å². The standard InChI is InChI=1S/C25H25N3O3S2/c1-16-11-12-21(13-17(16)2)27(5)33(30,31)24-22(20-9-7-6-8-10-20)15-32-23(24)25(29)28-19(4)14-18(3)26-28/h6-15H,1-5H3. The first-order valence-corrected chi connectivity index (χ1v) is 12.7. The number of aromatic nitrogens is 2. The zero-order valence-corrected chi connectivity index (χ0v) is 20.8. The molecule has 0 unspecified atom stereocenters. The zero-order valence-electron chi connectivity index (χ0n) is 19.2. The maximum absolute atomic E-state index is 14.0. The summed E-state index contributed by atoms with van der Waals surface area (Å²) in [6.07, 6.45) is 0. The highest BCUT2D eigenvalue weighted by atomic mass is 32.2. The Hall–Kier alpha value is -3.23. The van der Waals surface area contributed by atoms with Crippen molar-refractivity contribution < 1.29 is 13.2 Å². The molecule has 0 atom stereocenters. The molecule has 2 heterocycles. The highest BCUT2D eigenvalue weighted by molar-refractivity contribution is 7.93. The van der Waals surface area contributed by atoms with Crippen LogP contribution in [0.5, 0.6) is 0 Å². The van der Waals surface area contributed by atoms with Crippen LogP contribution < -0.4 is 4.31 Å². The van der Waals surface area contributed by atoms with Crippen LogP contribution in [-0.4, -0.2) is 31.2 Å². The molecule has 0 N–H and O–H groups in total. The Balaban J connectivity index is 1.92. The summed E-state index contributed by atoms with van der Waals surface area (Å²) in [5.74, 6) is -0.458. The summed E-state index contributed by atoms with van der Waals surface area (Å²) in [6, 6.07) is 16.5. The molecule has 0 saturated carbocycles. The van der Waals surface area contributed by atoms with Crippen molar-refractivity contribution in [3.05, 3.63) is 87.4 Å². The number of carbonyl (C=O) groups is 1. The molecular weight excluding hydrogens is 454 g/mol. The van der Waals surface area contributed by atoms with E-state index in [-0.39, 0.29) is 9.77 Å². The van der Waals surface area contributed by atoms with Crippen molar-refractivity contribution >= 4 is 33.0 Å². The van der Waals surface area contributed by atoms with Gasteiger partial charge in [0.05, 0.1) is 11.4 Å². The van der Waals surface area contributed by atoms with Crippen LogP contribution in [0.4, 0.5) is 5.69 Å². The van der Waals surface area contributed by atoms with Crippen molar-refractivity contribution in [3.63, 3.8) is 0 Å². The van der Waals surface area contributed by atoms with Gasteiger partial charge >= 0.3 is 0 Å². The molecule has 0 saturated heterocycles. The van der Waals surface area contributed by atoms with Gasteiger partial charge in [0, 0.05) is 23.7 Å². The van der Waals surface area contributed by atoms with Crippen LogP contribution in [0.3, 0.4) is 0 Å². The monoisotopic (exact) mass is 479 g/mol. The predicted molar refractivity (Wildman–Crippen MR) is 133 cm³/mol. The van der Waals surface area contributed by atoms with Crippen molar-refractivity contribution in [2.75, 3.05) is 11.4 Å². The van der Waals surface area contributed by atoms with Crippen molar-refractivity contribution in [1.82, 2.24) is 9.78 Å². The van der Waals surface area contributed by atoms with Crippen LogP contribution in [0.2, 0.25) is 0 Å². The average molecular weight is 480 g/mol. The number of hydrogen-bond acceptors (Lipinski definition) is 5. The van der Waals surface area contributed by atoms with Gasteiger partial charge in [-0.15, -0.1) is 11.3 Å². The van der Waals surface area contributed by atoms with Gasteiger partial charge in [0.1, 0.15) is 9.77 Å². The fraction of sp³-hybridized carbons (Fsp3) is 0.200. The summed E-state index contributed by atoms with van der Waals surface area (Å²) in [5, 5.41) is 6.01. The Kier molecular flexibility index (Phi) is 5.99. The van der Waals surface area contributed by atoms with E-state index in [4.69, 9.17) is 0 Å². The van der Waals surface area contributed by atoms with Crippen LogP contribution in [0, 0.1) is 27.7 Å². The van der Waals surface area contributed by atoms with Crippen LogP contribution in [0.15, 0.2) is 64.9 Å². The van der Waals surface area contributed by atoms with E-state index in [0.29, 0.717) is 22.6 Å². The fourth-order valence-corrected chi connectivity index (χ4v) is 6.57. The number of aryl methyl sites for hydroxylation is 4. The van der Waals surface area contributed by atoms with E-state index in [1.54, 1.807) is 31.4 Å². The predicted octanol–water partition coefficient (Wildman–Crippen LogP) is 5.36. The molecule has 8 heteroatoms. The normalized spacial score (nSPS) is 11.5. The van der Waals surface area contributed by atoms with E-state index in [1.807, 2.05) is 56.3 Å². The molecule has 0 spiro atoms. The fourth-order valence-electron chi connectivity index (χ4n) is 3.70. The molecule has 0 fully saturated rings. The molecule has 2 aromatic carbocycles. The van der Waals surface area contributed by atoms with Gasteiger partial charge in [-0.05, 0) is 62.6 Å². The summed E-state index contributed by atoms with van der Waals surface area (Å²) in [5.41, 5.74) is 5.17. The Labute approximate surface area is 198 Å². The molecule has 0 radical (unpaired) electrons. The van der Waals surface area contributed by atoms with Gasteiger partial charge in [0.25, 0.3) is 15.9 Å². The van der Waals surface area contributed by atoms with Gasteiger partial charge in [-0.2, -0.15) is 5.10 Å². The quantitative estimate of drug-likeness (QED) is 0.386. The topological polar surface area (TPSA) is 72.3 Å². The van der Waals surface area contributed by atoms with E-state index in [2.05, 4.69) is 5.10 Å². The van der Waals surface area contributed by atoms with Gasteiger partial charge in [-0.3, -0.25) is 9.10 Å². The molecule has 6 nitrogen and oxygen atoms in total. The molecule has 0 aliphatic rings. The number of nitrogens with zero attached hydrogens (tertiary/aromatic N) is 3. The van der Waals surface area contributed by atoms with E-state index < -0.39 is 15.9 Å². The summed E-state index contributed by atoms with van der Waals surface area (Å²) < 4.78 is 30.5. The van der Waals surface area contributed by atoms with Crippen LogP contribution in [-0.2, 0) is 10.0 Å². The molecule has 33 heavy (non-hydrogen) atoms. The first-order valence-electron chi connectivity index (χ1n) is 10.4. The molecule has 4 aromatic rings. The minimum atomic E-state index is -4.07. The SMILES string of the molecule is Cc1cc(C)n(C(=O)c2scc(-c3ccccc3)c2S(=O)(=O)N(C)c2ccc(C)c(C)c2)n1. The lowest BCUT2D eigenvalue weighted by atomic mass is 10.1. The van der Waals surface area contributed by atoms with Crippen molar-refractivity contribution in [1.29, 1.82) is 0 Å². The maximum Gasteiger partial charge on any atom is 0.289 e. The summed E-state index contributed by atoms with van der Waals surface area (Å²) in [6.45, 7) is 7.49. The zero-order chi connectivity index (χ0) is 23.9. The maximum atomic E-state index is 14.0. The molecule has 170 valence electrons. The number of carbonyl (C=O) groups excluding carboxylic acids is 1. The first-order chi connectivity index (χ1) is 15.6. The van der Waals surface area contributed by atoms with Gasteiger partial charge < -0.3 is 0 Å². The Morgan fingerprint density at radius 1 is 0.970 bits per heavy atom. The third-order valence-electron chi connectivity index (χ3n) is 5.70. The molecular formula is C25H25N3O3S2. The van der Waals surface area contributed by atoms with Crippen LogP contribution in [0.1, 0.15) is 32.2 Å². The van der Waals surface area contributed by atoms with Gasteiger partial charge in [0.15, 0.2) is 0 Å². The molecule has 0 bridgehead atoms. The van der Waals surface area contributed by atoms with Crippen molar-refractivity contribution in [2.45, 2.75) is 32.6 Å².